The molecule has 0 saturated carbocycles. The average Bonchev–Trinajstić information content (AvgIpc) is 2.60. The minimum Gasteiger partial charge on any atom is -0.399 e. The van der Waals surface area contributed by atoms with Crippen molar-refractivity contribution in [3.63, 3.8) is 0 Å². The van der Waals surface area contributed by atoms with Crippen molar-refractivity contribution in [1.29, 1.82) is 0 Å². The Balaban J connectivity index is 2.19. The maximum Gasteiger partial charge on any atom is 0.494 e. The zero-order chi connectivity index (χ0) is 16.7. The zero-order valence-corrected chi connectivity index (χ0v) is 13.9. The molecule has 0 atom stereocenters. The molecule has 0 spiro atoms. The molecule has 7 heteroatoms. The number of hydrogen-bond acceptors (Lipinski definition) is 3. The summed E-state index contributed by atoms with van der Waals surface area (Å²) in [7, 11) is 2.55. The summed E-state index contributed by atoms with van der Waals surface area (Å²) in [5, 5.41) is 2.49. The smallest absolute Gasteiger partial charge is 0.399 e. The van der Waals surface area contributed by atoms with Crippen LogP contribution in [0.3, 0.4) is 0 Å². The molecule has 1 aliphatic rings. The number of hydrogen-bond donors (Lipinski definition) is 1. The van der Waals surface area contributed by atoms with Crippen molar-refractivity contribution in [2.45, 2.75) is 38.9 Å². The highest BCUT2D eigenvalue weighted by molar-refractivity contribution is 6.62. The number of anilines is 1. The molecule has 2 amide bonds. The Bertz CT molecular complexity index is 574. The van der Waals surface area contributed by atoms with Crippen LogP contribution in [0, 0.1) is 5.82 Å². The molecule has 0 bridgehead atoms. The normalized spacial score (nSPS) is 19.1. The fourth-order valence-electron chi connectivity index (χ4n) is 1.99. The van der Waals surface area contributed by atoms with Gasteiger partial charge in [0, 0.05) is 14.1 Å². The first-order chi connectivity index (χ1) is 10.0. The van der Waals surface area contributed by atoms with E-state index in [1.54, 1.807) is 20.2 Å². The third-order valence-electron chi connectivity index (χ3n) is 4.17. The van der Waals surface area contributed by atoms with Gasteiger partial charge in [0.25, 0.3) is 0 Å². The second kappa shape index (κ2) is 5.55. The van der Waals surface area contributed by atoms with Gasteiger partial charge in [-0.25, -0.2) is 9.18 Å². The standard InChI is InChI=1S/C15H22BFN2O3/c1-14(2)15(3,4)22-16(21-14)10-7-8-12(11(17)9-10)18-13(20)19(5)6/h7-9H,1-6H3,(H,18,20). The number of halogens is 1. The Kier molecular flexibility index (Phi) is 4.23. The molecule has 1 N–H and O–H groups in total. The van der Waals surface area contributed by atoms with Crippen molar-refractivity contribution in [3.05, 3.63) is 24.0 Å². The quantitative estimate of drug-likeness (QED) is 0.852. The lowest BCUT2D eigenvalue weighted by Gasteiger charge is -2.32. The molecule has 0 aliphatic carbocycles. The van der Waals surface area contributed by atoms with Gasteiger partial charge in [-0.05, 0) is 45.3 Å². The van der Waals surface area contributed by atoms with Gasteiger partial charge in [-0.1, -0.05) is 6.07 Å². The van der Waals surface area contributed by atoms with E-state index in [0.717, 1.165) is 0 Å². The van der Waals surface area contributed by atoms with Crippen molar-refractivity contribution in [3.8, 4) is 0 Å². The summed E-state index contributed by atoms with van der Waals surface area (Å²) in [4.78, 5) is 12.9. The molecule has 22 heavy (non-hydrogen) atoms. The Morgan fingerprint density at radius 1 is 1.18 bits per heavy atom. The largest absolute Gasteiger partial charge is 0.494 e. The minimum atomic E-state index is -0.627. The van der Waals surface area contributed by atoms with Gasteiger partial charge in [0.1, 0.15) is 5.82 Å². The number of rotatable bonds is 2. The van der Waals surface area contributed by atoms with Gasteiger partial charge in [0.05, 0.1) is 16.9 Å². The lowest BCUT2D eigenvalue weighted by molar-refractivity contribution is 0.00578. The van der Waals surface area contributed by atoms with Crippen LogP contribution in [-0.2, 0) is 9.31 Å². The lowest BCUT2D eigenvalue weighted by Crippen LogP contribution is -2.41. The molecule has 1 aliphatic heterocycles. The van der Waals surface area contributed by atoms with Gasteiger partial charge in [0.2, 0.25) is 0 Å². The summed E-state index contributed by atoms with van der Waals surface area (Å²) in [6.45, 7) is 7.76. The molecular formula is C15H22BFN2O3. The Morgan fingerprint density at radius 2 is 1.73 bits per heavy atom. The number of carbonyl (C=O) groups excluding carboxylic acids is 1. The van der Waals surface area contributed by atoms with E-state index in [4.69, 9.17) is 9.31 Å². The van der Waals surface area contributed by atoms with Crippen molar-refractivity contribution in [2.75, 3.05) is 19.4 Å². The van der Waals surface area contributed by atoms with Crippen LogP contribution in [0.25, 0.3) is 0 Å². The van der Waals surface area contributed by atoms with Crippen LogP contribution >= 0.6 is 0 Å². The van der Waals surface area contributed by atoms with Crippen molar-refractivity contribution < 1.29 is 18.5 Å². The van der Waals surface area contributed by atoms with E-state index in [1.807, 2.05) is 27.7 Å². The lowest BCUT2D eigenvalue weighted by atomic mass is 9.79. The van der Waals surface area contributed by atoms with Crippen molar-refractivity contribution in [1.82, 2.24) is 4.90 Å². The van der Waals surface area contributed by atoms with E-state index in [0.29, 0.717) is 5.46 Å². The van der Waals surface area contributed by atoms with Crippen LogP contribution < -0.4 is 10.8 Å². The maximum atomic E-state index is 14.2. The highest BCUT2D eigenvalue weighted by Gasteiger charge is 2.51. The summed E-state index contributed by atoms with van der Waals surface area (Å²) < 4.78 is 25.9. The van der Waals surface area contributed by atoms with E-state index < -0.39 is 24.1 Å². The molecule has 1 saturated heterocycles. The van der Waals surface area contributed by atoms with E-state index >= 15 is 0 Å². The Hall–Kier alpha value is -1.60. The fraction of sp³-hybridized carbons (Fsp3) is 0.533. The molecule has 1 aromatic carbocycles. The van der Waals surface area contributed by atoms with Crippen LogP contribution in [0.5, 0.6) is 0 Å². The molecule has 1 heterocycles. The third kappa shape index (κ3) is 3.10. The molecule has 0 unspecified atom stereocenters. The SMILES string of the molecule is CN(C)C(=O)Nc1ccc(B2OC(C)(C)C(C)(C)O2)cc1F. The van der Waals surface area contributed by atoms with Crippen LogP contribution in [0.2, 0.25) is 0 Å². The topological polar surface area (TPSA) is 50.8 Å². The predicted octanol–water partition coefficient (Wildman–Crippen LogP) is 2.22. The van der Waals surface area contributed by atoms with Gasteiger partial charge in [-0.3, -0.25) is 0 Å². The molecule has 0 aromatic heterocycles. The molecule has 5 nitrogen and oxygen atoms in total. The second-order valence-electron chi connectivity index (χ2n) is 6.65. The van der Waals surface area contributed by atoms with Gasteiger partial charge in [-0.15, -0.1) is 0 Å². The number of carbonyl (C=O) groups is 1. The third-order valence-corrected chi connectivity index (χ3v) is 4.17. The highest BCUT2D eigenvalue weighted by Crippen LogP contribution is 2.36. The van der Waals surface area contributed by atoms with Crippen molar-refractivity contribution >= 4 is 24.3 Å². The van der Waals surface area contributed by atoms with E-state index in [9.17, 15) is 9.18 Å². The second-order valence-corrected chi connectivity index (χ2v) is 6.65. The first kappa shape index (κ1) is 16.8. The molecule has 120 valence electrons. The molecule has 1 aromatic rings. The predicted molar refractivity (Wildman–Crippen MR) is 84.8 cm³/mol. The van der Waals surface area contributed by atoms with Crippen LogP contribution in [0.15, 0.2) is 18.2 Å². The summed E-state index contributed by atoms with van der Waals surface area (Å²) in [6, 6.07) is 4.14. The van der Waals surface area contributed by atoms with Gasteiger partial charge in [-0.2, -0.15) is 0 Å². The summed E-state index contributed by atoms with van der Waals surface area (Å²) in [6.07, 6.45) is 0. The van der Waals surface area contributed by atoms with Gasteiger partial charge in [0.15, 0.2) is 0 Å². The molecular weight excluding hydrogens is 286 g/mol. The van der Waals surface area contributed by atoms with Gasteiger partial charge < -0.3 is 19.5 Å². The van der Waals surface area contributed by atoms with Crippen LogP contribution in [0.1, 0.15) is 27.7 Å². The number of nitrogens with one attached hydrogen (secondary N) is 1. The molecule has 1 fully saturated rings. The first-order valence-electron chi connectivity index (χ1n) is 7.17. The van der Waals surface area contributed by atoms with Gasteiger partial charge >= 0.3 is 13.1 Å². The molecule has 0 radical (unpaired) electrons. The zero-order valence-electron chi connectivity index (χ0n) is 13.9. The Labute approximate surface area is 130 Å². The number of nitrogens with zero attached hydrogens (tertiary/aromatic N) is 1. The first-order valence-corrected chi connectivity index (χ1v) is 7.17. The average molecular weight is 308 g/mol. The summed E-state index contributed by atoms with van der Waals surface area (Å²) >= 11 is 0. The van der Waals surface area contributed by atoms with E-state index in [2.05, 4.69) is 5.32 Å². The van der Waals surface area contributed by atoms with Crippen LogP contribution in [0.4, 0.5) is 14.9 Å². The number of urea groups is 1. The summed E-state index contributed by atoms with van der Waals surface area (Å²) in [5.74, 6) is -0.526. The minimum absolute atomic E-state index is 0.124. The number of benzene rings is 1. The fourth-order valence-corrected chi connectivity index (χ4v) is 1.99. The monoisotopic (exact) mass is 308 g/mol. The Morgan fingerprint density at radius 3 is 2.18 bits per heavy atom. The van der Waals surface area contributed by atoms with E-state index in [-0.39, 0.29) is 11.7 Å². The molecule has 2 rings (SSSR count). The maximum absolute atomic E-state index is 14.2. The highest BCUT2D eigenvalue weighted by atomic mass is 19.1. The summed E-state index contributed by atoms with van der Waals surface area (Å²) in [5.41, 5.74) is -0.254. The number of amides is 2. The van der Waals surface area contributed by atoms with Crippen LogP contribution in [-0.4, -0.2) is 43.3 Å². The van der Waals surface area contributed by atoms with Crippen molar-refractivity contribution in [2.24, 2.45) is 0 Å². The van der Waals surface area contributed by atoms with E-state index in [1.165, 1.54) is 17.0 Å².